The van der Waals surface area contributed by atoms with Crippen LogP contribution in [0.25, 0.3) is 0 Å². The van der Waals surface area contributed by atoms with E-state index in [0.717, 1.165) is 37.3 Å². The molecule has 8 heteroatoms. The number of thiophene rings is 1. The number of nitrogens with zero attached hydrogens (tertiary/aromatic N) is 1. The van der Waals surface area contributed by atoms with Crippen LogP contribution in [0.1, 0.15) is 29.4 Å². The molecule has 1 aromatic rings. The van der Waals surface area contributed by atoms with Gasteiger partial charge in [-0.3, -0.25) is 0 Å². The molecule has 20 heavy (non-hydrogen) atoms. The van der Waals surface area contributed by atoms with E-state index in [4.69, 9.17) is 5.11 Å². The lowest BCUT2D eigenvalue weighted by Crippen LogP contribution is -2.41. The molecule has 1 fully saturated rings. The molecule has 2 heterocycles. The van der Waals surface area contributed by atoms with Crippen LogP contribution in [-0.2, 0) is 10.0 Å². The molecule has 0 spiro atoms. The van der Waals surface area contributed by atoms with Crippen LogP contribution in [-0.4, -0.2) is 50.1 Å². The molecule has 0 aromatic carbocycles. The minimum absolute atomic E-state index is 0.147. The van der Waals surface area contributed by atoms with E-state index in [1.165, 1.54) is 11.4 Å². The van der Waals surface area contributed by atoms with Crippen LogP contribution in [0, 0.1) is 0 Å². The summed E-state index contributed by atoms with van der Waals surface area (Å²) in [6.45, 7) is 4.42. The van der Waals surface area contributed by atoms with Crippen molar-refractivity contribution in [1.29, 1.82) is 0 Å². The summed E-state index contributed by atoms with van der Waals surface area (Å²) in [6, 6.07) is 1.08. The quantitative estimate of drug-likeness (QED) is 0.823. The number of aromatic carboxylic acids is 1. The third kappa shape index (κ3) is 3.57. The number of carbonyl (C=O) groups is 1. The predicted molar refractivity (Wildman–Crippen MR) is 76.7 cm³/mol. The van der Waals surface area contributed by atoms with Crippen molar-refractivity contribution < 1.29 is 18.3 Å². The van der Waals surface area contributed by atoms with E-state index >= 15 is 0 Å². The summed E-state index contributed by atoms with van der Waals surface area (Å²) in [5.74, 6) is -1.22. The topological polar surface area (TPSA) is 86.7 Å². The average Bonchev–Trinajstić information content (AvgIpc) is 2.97. The van der Waals surface area contributed by atoms with Gasteiger partial charge in [0.25, 0.3) is 0 Å². The van der Waals surface area contributed by atoms with Gasteiger partial charge in [0.15, 0.2) is 0 Å². The Labute approximate surface area is 122 Å². The first-order valence-electron chi connectivity index (χ1n) is 6.45. The van der Waals surface area contributed by atoms with Gasteiger partial charge < -0.3 is 10.0 Å². The lowest BCUT2D eigenvalue weighted by atomic mass is 10.3. The number of carboxylic acid groups (broad SMARTS) is 1. The van der Waals surface area contributed by atoms with Gasteiger partial charge in [0.1, 0.15) is 9.77 Å². The summed E-state index contributed by atoms with van der Waals surface area (Å²) >= 11 is 0.915. The van der Waals surface area contributed by atoms with Crippen LogP contribution < -0.4 is 4.72 Å². The van der Waals surface area contributed by atoms with E-state index in [1.807, 2.05) is 0 Å². The summed E-state index contributed by atoms with van der Waals surface area (Å²) in [4.78, 5) is 12.9. The van der Waals surface area contributed by atoms with Crippen molar-refractivity contribution >= 4 is 27.3 Å². The summed E-state index contributed by atoms with van der Waals surface area (Å²) in [6.07, 6.45) is 2.29. The van der Waals surface area contributed by atoms with Gasteiger partial charge in [-0.05, 0) is 44.3 Å². The van der Waals surface area contributed by atoms with Crippen molar-refractivity contribution in [3.8, 4) is 0 Å². The molecular formula is C12H18N2O4S2. The fraction of sp³-hybridized carbons (Fsp3) is 0.583. The zero-order valence-corrected chi connectivity index (χ0v) is 12.8. The van der Waals surface area contributed by atoms with Gasteiger partial charge in [-0.25, -0.2) is 17.9 Å². The Bertz CT molecular complexity index is 576. The fourth-order valence-electron chi connectivity index (χ4n) is 2.38. The Morgan fingerprint density at radius 3 is 2.75 bits per heavy atom. The van der Waals surface area contributed by atoms with Crippen molar-refractivity contribution in [3.05, 3.63) is 16.3 Å². The standard InChI is InChI=1S/C12H18N2O4S2/c1-9(8-14-5-2-3-6-14)13-20(17,18)10-4-7-19-11(10)12(15)16/h4,7,9,13H,2-3,5-6,8H2,1H3,(H,15,16). The Morgan fingerprint density at radius 2 is 2.15 bits per heavy atom. The molecule has 0 bridgehead atoms. The third-order valence-electron chi connectivity index (χ3n) is 3.20. The van der Waals surface area contributed by atoms with E-state index < -0.39 is 16.0 Å². The molecular weight excluding hydrogens is 300 g/mol. The van der Waals surface area contributed by atoms with Gasteiger partial charge in [0.05, 0.1) is 0 Å². The summed E-state index contributed by atoms with van der Waals surface area (Å²) < 4.78 is 27.0. The van der Waals surface area contributed by atoms with Gasteiger partial charge in [-0.15, -0.1) is 11.3 Å². The van der Waals surface area contributed by atoms with Crippen molar-refractivity contribution in [2.24, 2.45) is 0 Å². The molecule has 1 saturated heterocycles. The second kappa shape index (κ2) is 6.21. The van der Waals surface area contributed by atoms with Gasteiger partial charge in [-0.1, -0.05) is 0 Å². The molecule has 0 radical (unpaired) electrons. The number of rotatable bonds is 6. The summed E-state index contributed by atoms with van der Waals surface area (Å²) in [5.41, 5.74) is 0. The highest BCUT2D eigenvalue weighted by Crippen LogP contribution is 2.22. The van der Waals surface area contributed by atoms with E-state index in [2.05, 4.69) is 9.62 Å². The second-order valence-electron chi connectivity index (χ2n) is 4.95. The summed E-state index contributed by atoms with van der Waals surface area (Å²) in [7, 11) is -3.78. The van der Waals surface area contributed by atoms with Crippen LogP contribution >= 0.6 is 11.3 Å². The zero-order valence-electron chi connectivity index (χ0n) is 11.2. The van der Waals surface area contributed by atoms with Crippen LogP contribution in [0.5, 0.6) is 0 Å². The van der Waals surface area contributed by atoms with E-state index in [9.17, 15) is 13.2 Å². The van der Waals surface area contributed by atoms with E-state index in [1.54, 1.807) is 6.92 Å². The first-order valence-corrected chi connectivity index (χ1v) is 8.82. The van der Waals surface area contributed by atoms with E-state index in [0.29, 0.717) is 6.54 Å². The monoisotopic (exact) mass is 318 g/mol. The number of hydrogen-bond donors (Lipinski definition) is 2. The highest BCUT2D eigenvalue weighted by atomic mass is 32.2. The second-order valence-corrected chi connectivity index (χ2v) is 7.55. The molecule has 1 aliphatic rings. The predicted octanol–water partition coefficient (Wildman–Crippen LogP) is 1.21. The number of carboxylic acids is 1. The van der Waals surface area contributed by atoms with Crippen LogP contribution in [0.15, 0.2) is 16.3 Å². The smallest absolute Gasteiger partial charge is 0.347 e. The highest BCUT2D eigenvalue weighted by molar-refractivity contribution is 7.89. The Morgan fingerprint density at radius 1 is 1.50 bits per heavy atom. The maximum Gasteiger partial charge on any atom is 0.347 e. The molecule has 1 aliphatic heterocycles. The lowest BCUT2D eigenvalue weighted by Gasteiger charge is -2.21. The molecule has 2 N–H and O–H groups in total. The minimum Gasteiger partial charge on any atom is -0.477 e. The first kappa shape index (κ1) is 15.4. The summed E-state index contributed by atoms with van der Waals surface area (Å²) in [5, 5.41) is 10.5. The van der Waals surface area contributed by atoms with Gasteiger partial charge >= 0.3 is 5.97 Å². The van der Waals surface area contributed by atoms with E-state index in [-0.39, 0.29) is 15.8 Å². The highest BCUT2D eigenvalue weighted by Gasteiger charge is 2.26. The van der Waals surface area contributed by atoms with Crippen molar-refractivity contribution in [2.75, 3.05) is 19.6 Å². The molecule has 0 amide bonds. The van der Waals surface area contributed by atoms with Gasteiger partial charge in [-0.2, -0.15) is 0 Å². The largest absolute Gasteiger partial charge is 0.477 e. The van der Waals surface area contributed by atoms with Crippen LogP contribution in [0.4, 0.5) is 0 Å². The SMILES string of the molecule is CC(CN1CCCC1)NS(=O)(=O)c1ccsc1C(=O)O. The maximum absolute atomic E-state index is 12.2. The minimum atomic E-state index is -3.78. The molecule has 6 nitrogen and oxygen atoms in total. The number of nitrogens with one attached hydrogen (secondary N) is 1. The van der Waals surface area contributed by atoms with Gasteiger partial charge in [0.2, 0.25) is 10.0 Å². The normalized spacial score (nSPS) is 18.2. The molecule has 0 aliphatic carbocycles. The third-order valence-corrected chi connectivity index (χ3v) is 5.86. The number of likely N-dealkylation sites (tertiary alicyclic amines) is 1. The molecule has 1 atom stereocenters. The van der Waals surface area contributed by atoms with Crippen molar-refractivity contribution in [2.45, 2.75) is 30.7 Å². The van der Waals surface area contributed by atoms with Crippen LogP contribution in [0.2, 0.25) is 0 Å². The molecule has 1 aromatic heterocycles. The van der Waals surface area contributed by atoms with Crippen LogP contribution in [0.3, 0.4) is 0 Å². The molecule has 2 rings (SSSR count). The fourth-order valence-corrected chi connectivity index (χ4v) is 4.88. The van der Waals surface area contributed by atoms with Crippen molar-refractivity contribution in [1.82, 2.24) is 9.62 Å². The first-order chi connectivity index (χ1) is 9.40. The lowest BCUT2D eigenvalue weighted by molar-refractivity contribution is 0.0698. The molecule has 0 saturated carbocycles. The Hall–Kier alpha value is -0.960. The number of sulfonamides is 1. The Balaban J connectivity index is 2.06. The maximum atomic E-state index is 12.2. The number of hydrogen-bond acceptors (Lipinski definition) is 5. The van der Waals surface area contributed by atoms with Crippen molar-refractivity contribution in [3.63, 3.8) is 0 Å². The van der Waals surface area contributed by atoms with Gasteiger partial charge in [0, 0.05) is 12.6 Å². The molecule has 1 unspecified atom stereocenters. The Kier molecular flexibility index (Phi) is 4.79. The zero-order chi connectivity index (χ0) is 14.8. The average molecular weight is 318 g/mol. The molecule has 112 valence electrons.